The molecule has 4 rings (SSSR count). The Hall–Kier alpha value is -2.43. The Balaban J connectivity index is 0.00000131. The molecule has 1 aliphatic heterocycles. The lowest BCUT2D eigenvalue weighted by molar-refractivity contribution is 0.570. The molecule has 27 heavy (non-hydrogen) atoms. The molecule has 6 heteroatoms. The van der Waals surface area contributed by atoms with E-state index in [1.807, 2.05) is 36.5 Å². The summed E-state index contributed by atoms with van der Waals surface area (Å²) in [5.74, 6) is 1.24. The highest BCUT2D eigenvalue weighted by Crippen LogP contribution is 2.26. The van der Waals surface area contributed by atoms with Gasteiger partial charge in [0, 0.05) is 30.1 Å². The van der Waals surface area contributed by atoms with Gasteiger partial charge in [-0.1, -0.05) is 0 Å². The first-order valence-electron chi connectivity index (χ1n) is 8.31. The number of pyridine rings is 1. The van der Waals surface area contributed by atoms with Gasteiger partial charge in [-0.3, -0.25) is 9.98 Å². The van der Waals surface area contributed by atoms with Crippen molar-refractivity contribution >= 4 is 36.6 Å². The van der Waals surface area contributed by atoms with Crippen LogP contribution in [0, 0.1) is 5.82 Å². The van der Waals surface area contributed by atoms with Gasteiger partial charge in [-0.05, 0) is 73.0 Å². The van der Waals surface area contributed by atoms with Crippen molar-refractivity contribution in [1.82, 2.24) is 4.98 Å². The zero-order chi connectivity index (χ0) is 17.1. The first-order chi connectivity index (χ1) is 12.3. The van der Waals surface area contributed by atoms with E-state index in [9.17, 15) is 4.39 Å². The van der Waals surface area contributed by atoms with Gasteiger partial charge in [0.05, 0.1) is 5.71 Å². The Morgan fingerprint density at radius 2 is 1.78 bits per heavy atom. The average Bonchev–Trinajstić information content (AvgIpc) is 3.12. The van der Waals surface area contributed by atoms with Crippen molar-refractivity contribution in [2.45, 2.75) is 12.8 Å². The quantitative estimate of drug-likeness (QED) is 0.537. The molecule has 140 valence electrons. The highest BCUT2D eigenvalue weighted by molar-refractivity contribution is 6.15. The standard InChI is InChI=1S/C21H17FN2O.2ClH/c22-18-7-5-15(6-8-18)20-10-9-19(25-20)13-16-3-2-12-24-21(16)17-4-1-11-23-14-17;;/h1,4-11,13-14H,2-3,12H2;2*1H. The summed E-state index contributed by atoms with van der Waals surface area (Å²) >= 11 is 0. The average molecular weight is 405 g/mol. The second-order valence-electron chi connectivity index (χ2n) is 5.95. The van der Waals surface area contributed by atoms with Crippen LogP contribution in [-0.2, 0) is 0 Å². The molecule has 0 radical (unpaired) electrons. The van der Waals surface area contributed by atoms with E-state index in [0.29, 0.717) is 0 Å². The molecule has 0 unspecified atom stereocenters. The molecule has 0 atom stereocenters. The molecule has 0 N–H and O–H groups in total. The molecule has 0 amide bonds. The second-order valence-corrected chi connectivity index (χ2v) is 5.95. The van der Waals surface area contributed by atoms with Gasteiger partial charge in [0.25, 0.3) is 0 Å². The third-order valence-corrected chi connectivity index (χ3v) is 4.19. The summed E-state index contributed by atoms with van der Waals surface area (Å²) < 4.78 is 19.0. The first-order valence-corrected chi connectivity index (χ1v) is 8.31. The Bertz CT molecular complexity index is 934. The molecule has 0 fully saturated rings. The van der Waals surface area contributed by atoms with Gasteiger partial charge < -0.3 is 4.42 Å². The van der Waals surface area contributed by atoms with Crippen LogP contribution in [0.3, 0.4) is 0 Å². The van der Waals surface area contributed by atoms with Crippen LogP contribution in [0.15, 0.2) is 75.9 Å². The fourth-order valence-corrected chi connectivity index (χ4v) is 2.97. The molecule has 0 spiro atoms. The number of rotatable bonds is 3. The molecule has 1 aliphatic rings. The monoisotopic (exact) mass is 404 g/mol. The van der Waals surface area contributed by atoms with Crippen LogP contribution in [-0.4, -0.2) is 17.2 Å². The molecule has 0 aliphatic carbocycles. The van der Waals surface area contributed by atoms with E-state index < -0.39 is 0 Å². The lowest BCUT2D eigenvalue weighted by Gasteiger charge is -2.15. The molecule has 0 bridgehead atoms. The van der Waals surface area contributed by atoms with Gasteiger partial charge in [-0.15, -0.1) is 24.8 Å². The van der Waals surface area contributed by atoms with Crippen molar-refractivity contribution in [3.63, 3.8) is 0 Å². The van der Waals surface area contributed by atoms with Crippen LogP contribution in [0.25, 0.3) is 17.4 Å². The van der Waals surface area contributed by atoms with Gasteiger partial charge in [0.1, 0.15) is 17.3 Å². The molecule has 3 nitrogen and oxygen atoms in total. The van der Waals surface area contributed by atoms with Crippen LogP contribution >= 0.6 is 24.8 Å². The van der Waals surface area contributed by atoms with Crippen LogP contribution in [0.1, 0.15) is 24.2 Å². The molecular weight excluding hydrogens is 386 g/mol. The normalized spacial score (nSPS) is 14.9. The Morgan fingerprint density at radius 1 is 0.963 bits per heavy atom. The molecule has 3 aromatic rings. The van der Waals surface area contributed by atoms with Crippen molar-refractivity contribution in [1.29, 1.82) is 0 Å². The minimum atomic E-state index is -0.253. The zero-order valence-electron chi connectivity index (χ0n) is 14.5. The Morgan fingerprint density at radius 3 is 2.52 bits per heavy atom. The lowest BCUT2D eigenvalue weighted by Crippen LogP contribution is -2.11. The lowest BCUT2D eigenvalue weighted by atomic mass is 9.96. The summed E-state index contributed by atoms with van der Waals surface area (Å²) in [6.07, 6.45) is 7.63. The second kappa shape index (κ2) is 9.49. The summed E-state index contributed by atoms with van der Waals surface area (Å²) in [5.41, 5.74) is 4.02. The molecule has 1 aromatic carbocycles. The van der Waals surface area contributed by atoms with Crippen LogP contribution in [0.4, 0.5) is 4.39 Å². The molecule has 3 heterocycles. The van der Waals surface area contributed by atoms with E-state index >= 15 is 0 Å². The maximum atomic E-state index is 13.1. The maximum absolute atomic E-state index is 13.1. The minimum Gasteiger partial charge on any atom is -0.457 e. The highest BCUT2D eigenvalue weighted by Gasteiger charge is 2.15. The number of aliphatic imine (C=N–C) groups is 1. The number of benzene rings is 1. The van der Waals surface area contributed by atoms with Crippen molar-refractivity contribution in [3.05, 3.63) is 83.6 Å². The SMILES string of the molecule is Cl.Cl.Fc1ccc(-c2ccc(C=C3CCCN=C3c3cccnc3)o2)cc1. The highest BCUT2D eigenvalue weighted by atomic mass is 35.5. The maximum Gasteiger partial charge on any atom is 0.134 e. The predicted octanol–water partition coefficient (Wildman–Crippen LogP) is 5.99. The van der Waals surface area contributed by atoms with E-state index in [4.69, 9.17) is 4.42 Å². The van der Waals surface area contributed by atoms with Crippen molar-refractivity contribution in [3.8, 4) is 11.3 Å². The first kappa shape index (κ1) is 20.9. The van der Waals surface area contributed by atoms with Crippen LogP contribution < -0.4 is 0 Å². The minimum absolute atomic E-state index is 0. The van der Waals surface area contributed by atoms with E-state index in [0.717, 1.165) is 53.3 Å². The number of halogens is 3. The van der Waals surface area contributed by atoms with Crippen molar-refractivity contribution in [2.75, 3.05) is 6.54 Å². The van der Waals surface area contributed by atoms with E-state index in [1.54, 1.807) is 18.3 Å². The number of allylic oxidation sites excluding steroid dienone is 1. The van der Waals surface area contributed by atoms with Gasteiger partial charge in [0.15, 0.2) is 0 Å². The van der Waals surface area contributed by atoms with Crippen molar-refractivity contribution in [2.24, 2.45) is 4.99 Å². The zero-order valence-corrected chi connectivity index (χ0v) is 16.1. The molecular formula is C21H19Cl2FN2O. The van der Waals surface area contributed by atoms with Crippen molar-refractivity contribution < 1.29 is 8.81 Å². The summed E-state index contributed by atoms with van der Waals surface area (Å²) in [6.45, 7) is 0.834. The number of furan rings is 1. The topological polar surface area (TPSA) is 38.4 Å². The fourth-order valence-electron chi connectivity index (χ4n) is 2.97. The van der Waals surface area contributed by atoms with Gasteiger partial charge in [0.2, 0.25) is 0 Å². The number of hydrogen-bond donors (Lipinski definition) is 0. The molecule has 0 saturated carbocycles. The summed E-state index contributed by atoms with van der Waals surface area (Å²) in [6, 6.07) is 14.1. The number of hydrogen-bond acceptors (Lipinski definition) is 3. The van der Waals surface area contributed by atoms with Gasteiger partial charge in [-0.2, -0.15) is 0 Å². The van der Waals surface area contributed by atoms with E-state index in [-0.39, 0.29) is 30.6 Å². The largest absolute Gasteiger partial charge is 0.457 e. The van der Waals surface area contributed by atoms with Gasteiger partial charge in [-0.25, -0.2) is 4.39 Å². The Kier molecular flexibility index (Phi) is 7.34. The summed E-state index contributed by atoms with van der Waals surface area (Å²) in [7, 11) is 0. The third kappa shape index (κ3) is 4.85. The third-order valence-electron chi connectivity index (χ3n) is 4.19. The smallest absolute Gasteiger partial charge is 0.134 e. The van der Waals surface area contributed by atoms with Crippen LogP contribution in [0.5, 0.6) is 0 Å². The number of aromatic nitrogens is 1. The summed E-state index contributed by atoms with van der Waals surface area (Å²) in [5, 5.41) is 0. The number of nitrogens with zero attached hydrogens (tertiary/aromatic N) is 2. The predicted molar refractivity (Wildman–Crippen MR) is 111 cm³/mol. The van der Waals surface area contributed by atoms with Crippen LogP contribution in [0.2, 0.25) is 0 Å². The fraction of sp³-hybridized carbons (Fsp3) is 0.143. The van der Waals surface area contributed by atoms with E-state index in [1.165, 1.54) is 12.1 Å². The Labute approximate surface area is 169 Å². The molecule has 2 aromatic heterocycles. The van der Waals surface area contributed by atoms with E-state index in [2.05, 4.69) is 9.98 Å². The summed E-state index contributed by atoms with van der Waals surface area (Å²) in [4.78, 5) is 8.87. The molecule has 0 saturated heterocycles. The van der Waals surface area contributed by atoms with Gasteiger partial charge >= 0.3 is 0 Å².